The Labute approximate surface area is 157 Å². The number of amides is 1. The van der Waals surface area contributed by atoms with Crippen LogP contribution >= 0.6 is 23.2 Å². The quantitative estimate of drug-likeness (QED) is 0.805. The standard InChI is InChI=1S/C17H18Cl2N2O3S/c1-21(10-12-4-3-5-13(18)8-12)11-17(22)20-16-9-14(25(2,23)24)6-7-15(16)19/h3-9H,10-11H2,1-2H3,(H,20,22). The predicted octanol–water partition coefficient (Wildman–Crippen LogP) is 3.47. The number of rotatable bonds is 6. The normalized spacial score (nSPS) is 11.6. The highest BCUT2D eigenvalue weighted by atomic mass is 35.5. The summed E-state index contributed by atoms with van der Waals surface area (Å²) < 4.78 is 23.2. The fourth-order valence-electron chi connectivity index (χ4n) is 2.27. The first kappa shape index (κ1) is 19.7. The number of carbonyl (C=O) groups is 1. The molecule has 2 rings (SSSR count). The van der Waals surface area contributed by atoms with Gasteiger partial charge in [-0.3, -0.25) is 9.69 Å². The van der Waals surface area contributed by atoms with Gasteiger partial charge in [0.05, 0.1) is 22.2 Å². The highest BCUT2D eigenvalue weighted by Gasteiger charge is 2.13. The monoisotopic (exact) mass is 400 g/mol. The first-order valence-electron chi connectivity index (χ1n) is 7.37. The molecular weight excluding hydrogens is 383 g/mol. The zero-order chi connectivity index (χ0) is 18.6. The summed E-state index contributed by atoms with van der Waals surface area (Å²) in [5.74, 6) is -0.294. The lowest BCUT2D eigenvalue weighted by Crippen LogP contribution is -2.30. The second kappa shape index (κ2) is 8.19. The summed E-state index contributed by atoms with van der Waals surface area (Å²) in [6.45, 7) is 0.664. The highest BCUT2D eigenvalue weighted by Crippen LogP contribution is 2.25. The van der Waals surface area contributed by atoms with Crippen LogP contribution in [0.25, 0.3) is 0 Å². The lowest BCUT2D eigenvalue weighted by molar-refractivity contribution is -0.117. The van der Waals surface area contributed by atoms with Crippen LogP contribution in [0.1, 0.15) is 5.56 Å². The molecule has 5 nitrogen and oxygen atoms in total. The minimum Gasteiger partial charge on any atom is -0.324 e. The van der Waals surface area contributed by atoms with E-state index in [-0.39, 0.29) is 28.1 Å². The van der Waals surface area contributed by atoms with E-state index < -0.39 is 9.84 Å². The van der Waals surface area contributed by atoms with Crippen molar-refractivity contribution in [3.8, 4) is 0 Å². The molecule has 0 bridgehead atoms. The summed E-state index contributed by atoms with van der Waals surface area (Å²) in [6, 6.07) is 11.6. The molecule has 134 valence electrons. The smallest absolute Gasteiger partial charge is 0.238 e. The molecular formula is C17H18Cl2N2O3S. The average Bonchev–Trinajstić information content (AvgIpc) is 2.48. The van der Waals surface area contributed by atoms with Crippen molar-refractivity contribution >= 4 is 44.6 Å². The molecule has 25 heavy (non-hydrogen) atoms. The zero-order valence-corrected chi connectivity index (χ0v) is 16.1. The van der Waals surface area contributed by atoms with Crippen molar-refractivity contribution in [2.45, 2.75) is 11.4 Å². The molecule has 2 aromatic carbocycles. The van der Waals surface area contributed by atoms with E-state index in [1.165, 1.54) is 18.2 Å². The van der Waals surface area contributed by atoms with Crippen molar-refractivity contribution < 1.29 is 13.2 Å². The topological polar surface area (TPSA) is 66.5 Å². The van der Waals surface area contributed by atoms with Crippen molar-refractivity contribution in [3.63, 3.8) is 0 Å². The molecule has 1 amide bonds. The molecule has 0 aromatic heterocycles. The van der Waals surface area contributed by atoms with Crippen LogP contribution < -0.4 is 5.32 Å². The number of nitrogens with zero attached hydrogens (tertiary/aromatic N) is 1. The van der Waals surface area contributed by atoms with Gasteiger partial charge in [0.15, 0.2) is 9.84 Å². The molecule has 0 unspecified atom stereocenters. The Balaban J connectivity index is 2.02. The van der Waals surface area contributed by atoms with Gasteiger partial charge in [0.25, 0.3) is 0 Å². The molecule has 0 aliphatic rings. The fourth-order valence-corrected chi connectivity index (χ4v) is 3.29. The Bertz CT molecular complexity index is 885. The van der Waals surface area contributed by atoms with Gasteiger partial charge in [-0.15, -0.1) is 0 Å². The second-order valence-electron chi connectivity index (χ2n) is 5.76. The van der Waals surface area contributed by atoms with Crippen molar-refractivity contribution in [2.24, 2.45) is 0 Å². The van der Waals surface area contributed by atoms with E-state index in [1.54, 1.807) is 13.1 Å². The maximum atomic E-state index is 12.2. The van der Waals surface area contributed by atoms with Crippen LogP contribution in [-0.4, -0.2) is 39.1 Å². The van der Waals surface area contributed by atoms with Crippen LogP contribution in [-0.2, 0) is 21.2 Å². The molecule has 0 radical (unpaired) electrons. The van der Waals surface area contributed by atoms with Crippen LogP contribution in [0.4, 0.5) is 5.69 Å². The summed E-state index contributed by atoms with van der Waals surface area (Å²) in [6.07, 6.45) is 1.10. The number of hydrogen-bond donors (Lipinski definition) is 1. The Morgan fingerprint density at radius 2 is 1.88 bits per heavy atom. The highest BCUT2D eigenvalue weighted by molar-refractivity contribution is 7.90. The lowest BCUT2D eigenvalue weighted by atomic mass is 10.2. The van der Waals surface area contributed by atoms with E-state index in [4.69, 9.17) is 23.2 Å². The third kappa shape index (κ3) is 6.01. The third-order valence-electron chi connectivity index (χ3n) is 3.40. The maximum absolute atomic E-state index is 12.2. The zero-order valence-electron chi connectivity index (χ0n) is 13.8. The average molecular weight is 401 g/mol. The van der Waals surface area contributed by atoms with Gasteiger partial charge in [-0.2, -0.15) is 0 Å². The van der Waals surface area contributed by atoms with Gasteiger partial charge in [0, 0.05) is 17.8 Å². The van der Waals surface area contributed by atoms with Crippen LogP contribution in [0.5, 0.6) is 0 Å². The molecule has 0 atom stereocenters. The minimum absolute atomic E-state index is 0.0967. The first-order chi connectivity index (χ1) is 11.6. The van der Waals surface area contributed by atoms with E-state index in [2.05, 4.69) is 5.32 Å². The summed E-state index contributed by atoms with van der Waals surface area (Å²) in [5, 5.41) is 3.56. The summed E-state index contributed by atoms with van der Waals surface area (Å²) in [5.41, 5.74) is 1.26. The van der Waals surface area contributed by atoms with Crippen molar-refractivity contribution in [1.82, 2.24) is 4.90 Å². The van der Waals surface area contributed by atoms with Gasteiger partial charge in [-0.05, 0) is 42.9 Å². The minimum atomic E-state index is -3.38. The Morgan fingerprint density at radius 1 is 1.16 bits per heavy atom. The van der Waals surface area contributed by atoms with Gasteiger partial charge < -0.3 is 5.32 Å². The van der Waals surface area contributed by atoms with E-state index >= 15 is 0 Å². The molecule has 2 aromatic rings. The molecule has 0 spiro atoms. The summed E-state index contributed by atoms with van der Waals surface area (Å²) in [7, 11) is -1.58. The number of anilines is 1. The van der Waals surface area contributed by atoms with Crippen molar-refractivity contribution in [2.75, 3.05) is 25.2 Å². The SMILES string of the molecule is CN(CC(=O)Nc1cc(S(C)(=O)=O)ccc1Cl)Cc1cccc(Cl)c1. The molecule has 0 saturated heterocycles. The number of sulfone groups is 1. The van der Waals surface area contributed by atoms with Gasteiger partial charge in [0.1, 0.15) is 0 Å². The van der Waals surface area contributed by atoms with Crippen molar-refractivity contribution in [3.05, 3.63) is 58.1 Å². The molecule has 0 aliphatic carbocycles. The number of benzene rings is 2. The predicted molar refractivity (Wildman–Crippen MR) is 101 cm³/mol. The van der Waals surface area contributed by atoms with E-state index in [0.717, 1.165) is 11.8 Å². The van der Waals surface area contributed by atoms with Gasteiger partial charge in [0.2, 0.25) is 5.91 Å². The molecule has 0 fully saturated rings. The van der Waals surface area contributed by atoms with E-state index in [0.29, 0.717) is 11.6 Å². The van der Waals surface area contributed by atoms with E-state index in [9.17, 15) is 13.2 Å². The second-order valence-corrected chi connectivity index (χ2v) is 8.62. The van der Waals surface area contributed by atoms with Crippen LogP contribution in [0.15, 0.2) is 47.4 Å². The number of hydrogen-bond acceptors (Lipinski definition) is 4. The van der Waals surface area contributed by atoms with Crippen molar-refractivity contribution in [1.29, 1.82) is 0 Å². The number of halogens is 2. The molecule has 8 heteroatoms. The summed E-state index contributed by atoms with van der Waals surface area (Å²) in [4.78, 5) is 14.1. The fraction of sp³-hybridized carbons (Fsp3) is 0.235. The number of nitrogens with one attached hydrogen (secondary N) is 1. The molecule has 0 saturated carbocycles. The Kier molecular flexibility index (Phi) is 6.46. The van der Waals surface area contributed by atoms with Gasteiger partial charge in [-0.1, -0.05) is 35.3 Å². The largest absolute Gasteiger partial charge is 0.324 e. The summed E-state index contributed by atoms with van der Waals surface area (Å²) >= 11 is 12.0. The Hall–Kier alpha value is -1.60. The lowest BCUT2D eigenvalue weighted by Gasteiger charge is -2.17. The van der Waals surface area contributed by atoms with Gasteiger partial charge >= 0.3 is 0 Å². The molecule has 1 N–H and O–H groups in total. The Morgan fingerprint density at radius 3 is 2.52 bits per heavy atom. The van der Waals surface area contributed by atoms with Crippen LogP contribution in [0, 0.1) is 0 Å². The van der Waals surface area contributed by atoms with Gasteiger partial charge in [-0.25, -0.2) is 8.42 Å². The third-order valence-corrected chi connectivity index (χ3v) is 5.07. The number of carbonyl (C=O) groups excluding carboxylic acids is 1. The molecule has 0 aliphatic heterocycles. The maximum Gasteiger partial charge on any atom is 0.238 e. The molecule has 0 heterocycles. The first-order valence-corrected chi connectivity index (χ1v) is 10.0. The van der Waals surface area contributed by atoms with Crippen LogP contribution in [0.2, 0.25) is 10.0 Å². The van der Waals surface area contributed by atoms with Crippen LogP contribution in [0.3, 0.4) is 0 Å². The number of likely N-dealkylation sites (N-methyl/N-ethyl adjacent to an activating group) is 1. The van der Waals surface area contributed by atoms with E-state index in [1.807, 2.05) is 23.1 Å².